The molecule has 0 saturated heterocycles. The third-order valence-electron chi connectivity index (χ3n) is 2.43. The van der Waals surface area contributed by atoms with Crippen molar-refractivity contribution in [3.63, 3.8) is 0 Å². The van der Waals surface area contributed by atoms with Crippen LogP contribution in [0.25, 0.3) is 0 Å². The van der Waals surface area contributed by atoms with Crippen LogP contribution in [0, 0.1) is 0 Å². The summed E-state index contributed by atoms with van der Waals surface area (Å²) in [5.41, 5.74) is 12.0. The molecule has 2 rings (SSSR count). The molecule has 1 aliphatic carbocycles. The zero-order chi connectivity index (χ0) is 11.0. The number of rotatable bonds is 3. The quantitative estimate of drug-likeness (QED) is 0.717. The molecule has 4 nitrogen and oxygen atoms in total. The number of carbonyl (C=O) groups is 1. The minimum atomic E-state index is -0.480. The normalized spacial score (nSPS) is 23.6. The molecule has 1 aromatic carbocycles. The highest BCUT2D eigenvalue weighted by Gasteiger charge is 2.33. The number of halogens is 1. The van der Waals surface area contributed by atoms with Gasteiger partial charge in [-0.3, -0.25) is 4.79 Å². The zero-order valence-corrected chi connectivity index (χ0v) is 8.79. The zero-order valence-electron chi connectivity index (χ0n) is 8.03. The van der Waals surface area contributed by atoms with Gasteiger partial charge >= 0.3 is 0 Å². The Balaban J connectivity index is 2.15. The van der Waals surface area contributed by atoms with Crippen LogP contribution in [0.4, 0.5) is 5.69 Å². The fourth-order valence-corrected chi connectivity index (χ4v) is 1.60. The van der Waals surface area contributed by atoms with Crippen LogP contribution in [0.2, 0.25) is 5.02 Å². The number of anilines is 1. The number of nitrogens with one attached hydrogen (secondary N) is 1. The molecule has 1 fully saturated rings. The molecule has 1 saturated carbocycles. The van der Waals surface area contributed by atoms with Gasteiger partial charge in [0.1, 0.15) is 0 Å². The SMILES string of the molecule is NC(=O)c1ccc(NC2CC2N)c(Cl)c1. The minimum Gasteiger partial charge on any atom is -0.379 e. The number of carbonyl (C=O) groups excluding carboxylic acids is 1. The first-order valence-corrected chi connectivity index (χ1v) is 5.07. The third-order valence-corrected chi connectivity index (χ3v) is 2.75. The van der Waals surface area contributed by atoms with Crippen molar-refractivity contribution < 1.29 is 4.79 Å². The molecule has 1 amide bonds. The smallest absolute Gasteiger partial charge is 0.248 e. The Morgan fingerprint density at radius 1 is 1.53 bits per heavy atom. The highest BCUT2D eigenvalue weighted by molar-refractivity contribution is 6.33. The number of hydrogen-bond acceptors (Lipinski definition) is 3. The highest BCUT2D eigenvalue weighted by Crippen LogP contribution is 2.29. The van der Waals surface area contributed by atoms with Crippen LogP contribution in [0.5, 0.6) is 0 Å². The van der Waals surface area contributed by atoms with Gasteiger partial charge < -0.3 is 16.8 Å². The average Bonchev–Trinajstić information content (AvgIpc) is 2.85. The summed E-state index contributed by atoms with van der Waals surface area (Å²) in [5.74, 6) is -0.480. The Bertz CT molecular complexity index is 408. The highest BCUT2D eigenvalue weighted by atomic mass is 35.5. The first-order valence-electron chi connectivity index (χ1n) is 4.69. The second-order valence-corrected chi connectivity index (χ2v) is 4.12. The lowest BCUT2D eigenvalue weighted by molar-refractivity contribution is 0.100. The van der Waals surface area contributed by atoms with E-state index in [-0.39, 0.29) is 6.04 Å². The molecule has 0 spiro atoms. The fourth-order valence-electron chi connectivity index (χ4n) is 1.37. The molecule has 0 heterocycles. The van der Waals surface area contributed by atoms with Crippen molar-refractivity contribution in [2.24, 2.45) is 11.5 Å². The first kappa shape index (κ1) is 10.3. The number of benzene rings is 1. The van der Waals surface area contributed by atoms with Crippen molar-refractivity contribution >= 4 is 23.2 Å². The van der Waals surface area contributed by atoms with E-state index >= 15 is 0 Å². The summed E-state index contributed by atoms with van der Waals surface area (Å²) in [6.45, 7) is 0. The number of hydrogen-bond donors (Lipinski definition) is 3. The Labute approximate surface area is 92.6 Å². The van der Waals surface area contributed by atoms with E-state index in [0.717, 1.165) is 12.1 Å². The van der Waals surface area contributed by atoms with Gasteiger partial charge in [0.25, 0.3) is 0 Å². The van der Waals surface area contributed by atoms with E-state index in [1.54, 1.807) is 18.2 Å². The molecule has 5 heteroatoms. The molecule has 0 radical (unpaired) electrons. The largest absolute Gasteiger partial charge is 0.379 e. The predicted molar refractivity (Wildman–Crippen MR) is 60.0 cm³/mol. The van der Waals surface area contributed by atoms with Crippen LogP contribution in [0.15, 0.2) is 18.2 Å². The number of nitrogens with two attached hydrogens (primary N) is 2. The van der Waals surface area contributed by atoms with Gasteiger partial charge in [-0.05, 0) is 24.6 Å². The predicted octanol–water partition coefficient (Wildman–Crippen LogP) is 0.950. The molecule has 0 aromatic heterocycles. The molecule has 5 N–H and O–H groups in total. The van der Waals surface area contributed by atoms with Crippen molar-refractivity contribution in [1.82, 2.24) is 0 Å². The molecule has 0 bridgehead atoms. The van der Waals surface area contributed by atoms with Gasteiger partial charge in [-0.1, -0.05) is 11.6 Å². The van der Waals surface area contributed by atoms with E-state index in [1.165, 1.54) is 0 Å². The van der Waals surface area contributed by atoms with Crippen LogP contribution in [-0.2, 0) is 0 Å². The Hall–Kier alpha value is -1.26. The van der Waals surface area contributed by atoms with E-state index in [1.807, 2.05) is 0 Å². The lowest BCUT2D eigenvalue weighted by Gasteiger charge is -2.07. The monoisotopic (exact) mass is 225 g/mol. The van der Waals surface area contributed by atoms with Crippen molar-refractivity contribution in [1.29, 1.82) is 0 Å². The molecular formula is C10H12ClN3O. The Morgan fingerprint density at radius 2 is 2.20 bits per heavy atom. The van der Waals surface area contributed by atoms with E-state index in [4.69, 9.17) is 23.1 Å². The van der Waals surface area contributed by atoms with Gasteiger partial charge in [-0.2, -0.15) is 0 Å². The van der Waals surface area contributed by atoms with Gasteiger partial charge in [0, 0.05) is 17.6 Å². The standard InChI is InChI=1S/C10H12ClN3O/c11-6-3-5(10(13)15)1-2-8(6)14-9-4-7(9)12/h1-3,7,9,14H,4,12H2,(H2,13,15). The maximum absolute atomic E-state index is 10.9. The third kappa shape index (κ3) is 2.22. The maximum Gasteiger partial charge on any atom is 0.248 e. The Kier molecular flexibility index (Phi) is 2.54. The molecular weight excluding hydrogens is 214 g/mol. The first-order chi connectivity index (χ1) is 7.08. The lowest BCUT2D eigenvalue weighted by atomic mass is 10.2. The minimum absolute atomic E-state index is 0.205. The van der Waals surface area contributed by atoms with Crippen LogP contribution in [-0.4, -0.2) is 18.0 Å². The summed E-state index contributed by atoms with van der Waals surface area (Å²) < 4.78 is 0. The van der Waals surface area contributed by atoms with Crippen LogP contribution < -0.4 is 16.8 Å². The van der Waals surface area contributed by atoms with Crippen LogP contribution in [0.3, 0.4) is 0 Å². The molecule has 15 heavy (non-hydrogen) atoms. The molecule has 2 atom stereocenters. The number of primary amides is 1. The molecule has 2 unspecified atom stereocenters. The van der Waals surface area contributed by atoms with Crippen LogP contribution in [0.1, 0.15) is 16.8 Å². The van der Waals surface area contributed by atoms with E-state index in [0.29, 0.717) is 16.6 Å². The van der Waals surface area contributed by atoms with Crippen molar-refractivity contribution in [3.8, 4) is 0 Å². The van der Waals surface area contributed by atoms with Gasteiger partial charge in [0.05, 0.1) is 10.7 Å². The summed E-state index contributed by atoms with van der Waals surface area (Å²) in [4.78, 5) is 10.9. The summed E-state index contributed by atoms with van der Waals surface area (Å²) in [5, 5.41) is 3.68. The fraction of sp³-hybridized carbons (Fsp3) is 0.300. The van der Waals surface area contributed by atoms with Crippen molar-refractivity contribution in [3.05, 3.63) is 28.8 Å². The van der Waals surface area contributed by atoms with Gasteiger partial charge in [0.2, 0.25) is 5.91 Å². The lowest BCUT2D eigenvalue weighted by Crippen LogP contribution is -2.14. The Morgan fingerprint density at radius 3 is 2.67 bits per heavy atom. The van der Waals surface area contributed by atoms with E-state index in [2.05, 4.69) is 5.32 Å². The molecule has 1 aliphatic rings. The maximum atomic E-state index is 10.9. The average molecular weight is 226 g/mol. The van der Waals surface area contributed by atoms with Crippen LogP contribution >= 0.6 is 11.6 Å². The molecule has 1 aromatic rings. The second-order valence-electron chi connectivity index (χ2n) is 3.71. The van der Waals surface area contributed by atoms with Gasteiger partial charge in [-0.25, -0.2) is 0 Å². The summed E-state index contributed by atoms with van der Waals surface area (Å²) in [7, 11) is 0. The van der Waals surface area contributed by atoms with E-state index < -0.39 is 5.91 Å². The van der Waals surface area contributed by atoms with E-state index in [9.17, 15) is 4.79 Å². The second kappa shape index (κ2) is 3.72. The summed E-state index contributed by atoms with van der Waals surface area (Å²) in [6.07, 6.45) is 0.952. The van der Waals surface area contributed by atoms with Crippen molar-refractivity contribution in [2.75, 3.05) is 5.32 Å². The summed E-state index contributed by atoms with van der Waals surface area (Å²) in [6, 6.07) is 5.44. The van der Waals surface area contributed by atoms with Gasteiger partial charge in [0.15, 0.2) is 0 Å². The molecule has 80 valence electrons. The topological polar surface area (TPSA) is 81.1 Å². The number of amides is 1. The van der Waals surface area contributed by atoms with Crippen molar-refractivity contribution in [2.45, 2.75) is 18.5 Å². The molecule has 0 aliphatic heterocycles. The van der Waals surface area contributed by atoms with Gasteiger partial charge in [-0.15, -0.1) is 0 Å². The summed E-state index contributed by atoms with van der Waals surface area (Å²) >= 11 is 5.98.